The van der Waals surface area contributed by atoms with Crippen molar-refractivity contribution in [1.29, 1.82) is 0 Å². The van der Waals surface area contributed by atoms with Gasteiger partial charge in [0.15, 0.2) is 6.61 Å². The minimum atomic E-state index is -0.517. The summed E-state index contributed by atoms with van der Waals surface area (Å²) in [7, 11) is 0. The molecule has 2 amide bonds. The SMILES string of the molecule is Cc1ccc(C(=O)OCC(=O)Nc2ccccc2N2CCCC2=O)s1. The molecule has 0 spiro atoms. The molecule has 1 aromatic carbocycles. The predicted octanol–water partition coefficient (Wildman–Crippen LogP) is 2.98. The van der Waals surface area contributed by atoms with E-state index in [0.717, 1.165) is 11.3 Å². The zero-order valence-electron chi connectivity index (χ0n) is 13.8. The molecule has 0 atom stereocenters. The van der Waals surface area contributed by atoms with Crippen LogP contribution in [0.4, 0.5) is 11.4 Å². The van der Waals surface area contributed by atoms with Gasteiger partial charge in [0.2, 0.25) is 5.91 Å². The Morgan fingerprint density at radius 2 is 2.04 bits per heavy atom. The first-order valence-corrected chi connectivity index (χ1v) is 8.79. The summed E-state index contributed by atoms with van der Waals surface area (Å²) in [5, 5.41) is 2.71. The Hall–Kier alpha value is -2.67. The molecule has 0 radical (unpaired) electrons. The van der Waals surface area contributed by atoms with E-state index in [1.54, 1.807) is 29.2 Å². The smallest absolute Gasteiger partial charge is 0.348 e. The molecule has 1 aliphatic rings. The summed E-state index contributed by atoms with van der Waals surface area (Å²) in [4.78, 5) is 39.1. The van der Waals surface area contributed by atoms with E-state index in [4.69, 9.17) is 4.74 Å². The van der Waals surface area contributed by atoms with Gasteiger partial charge in [-0.25, -0.2) is 4.79 Å². The zero-order chi connectivity index (χ0) is 17.8. The first-order valence-electron chi connectivity index (χ1n) is 7.97. The second kappa shape index (κ2) is 7.48. The minimum absolute atomic E-state index is 0.0428. The highest BCUT2D eigenvalue weighted by atomic mass is 32.1. The van der Waals surface area contributed by atoms with Crippen molar-refractivity contribution < 1.29 is 19.1 Å². The van der Waals surface area contributed by atoms with Crippen molar-refractivity contribution in [2.45, 2.75) is 19.8 Å². The van der Waals surface area contributed by atoms with Crippen molar-refractivity contribution in [2.24, 2.45) is 0 Å². The number of hydrogen-bond donors (Lipinski definition) is 1. The molecular weight excluding hydrogens is 340 g/mol. The number of carbonyl (C=O) groups excluding carboxylic acids is 3. The minimum Gasteiger partial charge on any atom is -0.451 e. The molecule has 2 heterocycles. The van der Waals surface area contributed by atoms with E-state index >= 15 is 0 Å². The van der Waals surface area contributed by atoms with E-state index in [1.165, 1.54) is 11.3 Å². The van der Waals surface area contributed by atoms with Gasteiger partial charge in [-0.05, 0) is 37.6 Å². The fraction of sp³-hybridized carbons (Fsp3) is 0.278. The number of amides is 2. The number of benzene rings is 1. The van der Waals surface area contributed by atoms with Crippen LogP contribution in [0.2, 0.25) is 0 Å². The van der Waals surface area contributed by atoms with Crippen LogP contribution < -0.4 is 10.2 Å². The number of thiophene rings is 1. The number of anilines is 2. The van der Waals surface area contributed by atoms with Crippen molar-refractivity contribution in [3.05, 3.63) is 46.2 Å². The maximum Gasteiger partial charge on any atom is 0.348 e. The second-order valence-electron chi connectivity index (χ2n) is 5.70. The molecule has 130 valence electrons. The van der Waals surface area contributed by atoms with Gasteiger partial charge in [0.25, 0.3) is 5.91 Å². The number of hydrogen-bond acceptors (Lipinski definition) is 5. The van der Waals surface area contributed by atoms with Crippen LogP contribution >= 0.6 is 11.3 Å². The van der Waals surface area contributed by atoms with Crippen LogP contribution in [0.25, 0.3) is 0 Å². The Balaban J connectivity index is 1.61. The van der Waals surface area contributed by atoms with Gasteiger partial charge in [-0.15, -0.1) is 11.3 Å². The molecule has 6 nitrogen and oxygen atoms in total. The van der Waals surface area contributed by atoms with Crippen molar-refractivity contribution in [1.82, 2.24) is 0 Å². The van der Waals surface area contributed by atoms with Gasteiger partial charge in [-0.2, -0.15) is 0 Å². The number of para-hydroxylation sites is 2. The first kappa shape index (κ1) is 17.2. The molecule has 0 unspecified atom stereocenters. The average molecular weight is 358 g/mol. The van der Waals surface area contributed by atoms with Gasteiger partial charge in [-0.3, -0.25) is 9.59 Å². The summed E-state index contributed by atoms with van der Waals surface area (Å²) in [6.45, 7) is 2.15. The number of rotatable bonds is 5. The average Bonchev–Trinajstić information content (AvgIpc) is 3.22. The standard InChI is InChI=1S/C18H18N2O4S/c1-12-8-9-15(25-12)18(23)24-11-16(21)19-13-5-2-3-6-14(13)20-10-4-7-17(20)22/h2-3,5-6,8-9H,4,7,10-11H2,1H3,(H,19,21). The fourth-order valence-corrected chi connectivity index (χ4v) is 3.41. The van der Waals surface area contributed by atoms with Crippen molar-refractivity contribution in [2.75, 3.05) is 23.4 Å². The van der Waals surface area contributed by atoms with Crippen LogP contribution in [0.5, 0.6) is 0 Å². The number of aryl methyl sites for hydroxylation is 1. The van der Waals surface area contributed by atoms with Crippen LogP contribution in [0.15, 0.2) is 36.4 Å². The number of ether oxygens (including phenoxy) is 1. The fourth-order valence-electron chi connectivity index (χ4n) is 2.65. The Morgan fingerprint density at radius 3 is 2.72 bits per heavy atom. The van der Waals surface area contributed by atoms with Gasteiger partial charge in [-0.1, -0.05) is 12.1 Å². The van der Waals surface area contributed by atoms with E-state index < -0.39 is 11.9 Å². The van der Waals surface area contributed by atoms with Crippen LogP contribution in [-0.4, -0.2) is 30.9 Å². The highest BCUT2D eigenvalue weighted by Crippen LogP contribution is 2.29. The molecule has 25 heavy (non-hydrogen) atoms. The van der Waals surface area contributed by atoms with Gasteiger partial charge in [0.05, 0.1) is 11.4 Å². The quantitative estimate of drug-likeness (QED) is 0.834. The van der Waals surface area contributed by atoms with Crippen LogP contribution in [-0.2, 0) is 14.3 Å². The lowest BCUT2D eigenvalue weighted by molar-refractivity contribution is -0.119. The van der Waals surface area contributed by atoms with Gasteiger partial charge in [0, 0.05) is 17.8 Å². The molecule has 7 heteroatoms. The van der Waals surface area contributed by atoms with Crippen molar-refractivity contribution >= 4 is 40.5 Å². The Morgan fingerprint density at radius 1 is 1.24 bits per heavy atom. The topological polar surface area (TPSA) is 75.7 Å². The maximum atomic E-state index is 12.1. The maximum absolute atomic E-state index is 12.1. The molecule has 0 bridgehead atoms. The predicted molar refractivity (Wildman–Crippen MR) is 96.0 cm³/mol. The molecule has 1 aromatic heterocycles. The van der Waals surface area contributed by atoms with Crippen LogP contribution in [0.3, 0.4) is 0 Å². The highest BCUT2D eigenvalue weighted by Gasteiger charge is 2.24. The summed E-state index contributed by atoms with van der Waals surface area (Å²) in [6.07, 6.45) is 1.32. The first-order chi connectivity index (χ1) is 12.0. The van der Waals surface area contributed by atoms with Gasteiger partial charge >= 0.3 is 5.97 Å². The third-order valence-corrected chi connectivity index (χ3v) is 4.80. The summed E-state index contributed by atoms with van der Waals surface area (Å²) in [5.74, 6) is -0.918. The summed E-state index contributed by atoms with van der Waals surface area (Å²) in [5.41, 5.74) is 1.20. The molecule has 3 rings (SSSR count). The van der Waals surface area contributed by atoms with E-state index in [-0.39, 0.29) is 12.5 Å². The van der Waals surface area contributed by atoms with E-state index in [0.29, 0.717) is 29.2 Å². The molecule has 0 saturated carbocycles. The molecule has 1 N–H and O–H groups in total. The number of nitrogens with one attached hydrogen (secondary N) is 1. The summed E-state index contributed by atoms with van der Waals surface area (Å²) < 4.78 is 5.04. The van der Waals surface area contributed by atoms with Gasteiger partial charge in [0.1, 0.15) is 4.88 Å². The molecule has 1 saturated heterocycles. The highest BCUT2D eigenvalue weighted by molar-refractivity contribution is 7.13. The van der Waals surface area contributed by atoms with Crippen molar-refractivity contribution in [3.8, 4) is 0 Å². The van der Waals surface area contributed by atoms with Crippen LogP contribution in [0.1, 0.15) is 27.4 Å². The Labute approximate surface area is 149 Å². The number of esters is 1. The lowest BCUT2D eigenvalue weighted by atomic mass is 10.2. The molecular formula is C18H18N2O4S. The zero-order valence-corrected chi connectivity index (χ0v) is 14.6. The number of carbonyl (C=O) groups is 3. The van der Waals surface area contributed by atoms with Gasteiger partial charge < -0.3 is 15.0 Å². The summed E-state index contributed by atoms with van der Waals surface area (Å²) in [6, 6.07) is 10.6. The van der Waals surface area contributed by atoms with Crippen molar-refractivity contribution in [3.63, 3.8) is 0 Å². The number of nitrogens with zero attached hydrogens (tertiary/aromatic N) is 1. The lowest BCUT2D eigenvalue weighted by Gasteiger charge is -2.19. The van der Waals surface area contributed by atoms with Crippen LogP contribution in [0, 0.1) is 6.92 Å². The molecule has 1 fully saturated rings. The second-order valence-corrected chi connectivity index (χ2v) is 6.99. The Kier molecular flexibility index (Phi) is 5.14. The van der Waals surface area contributed by atoms with E-state index in [2.05, 4.69) is 5.32 Å². The summed E-state index contributed by atoms with van der Waals surface area (Å²) >= 11 is 1.32. The van der Waals surface area contributed by atoms with E-state index in [9.17, 15) is 14.4 Å². The third-order valence-electron chi connectivity index (χ3n) is 3.82. The molecule has 2 aromatic rings. The third kappa shape index (κ3) is 4.06. The molecule has 1 aliphatic heterocycles. The largest absolute Gasteiger partial charge is 0.451 e. The van der Waals surface area contributed by atoms with E-state index in [1.807, 2.05) is 19.1 Å². The monoisotopic (exact) mass is 358 g/mol. The molecule has 0 aliphatic carbocycles. The normalized spacial score (nSPS) is 13.8. The lowest BCUT2D eigenvalue weighted by Crippen LogP contribution is -2.26. The Bertz CT molecular complexity index is 815.